The van der Waals surface area contributed by atoms with Crippen molar-refractivity contribution in [3.63, 3.8) is 0 Å². The SMILES string of the molecule is CSCCC(CO)NC(C)c1scnc1C. The Bertz CT molecular complexity index is 304. The van der Waals surface area contributed by atoms with E-state index in [4.69, 9.17) is 0 Å². The summed E-state index contributed by atoms with van der Waals surface area (Å²) in [5, 5.41) is 12.7. The van der Waals surface area contributed by atoms with Gasteiger partial charge in [-0.25, -0.2) is 4.98 Å². The molecule has 1 aromatic heterocycles. The summed E-state index contributed by atoms with van der Waals surface area (Å²) < 4.78 is 0. The second kappa shape index (κ2) is 7.27. The molecule has 1 rings (SSSR count). The summed E-state index contributed by atoms with van der Waals surface area (Å²) in [7, 11) is 0. The molecule has 0 aliphatic rings. The van der Waals surface area contributed by atoms with E-state index >= 15 is 0 Å². The summed E-state index contributed by atoms with van der Waals surface area (Å²) in [5.41, 5.74) is 2.96. The highest BCUT2D eigenvalue weighted by Gasteiger charge is 2.15. The van der Waals surface area contributed by atoms with E-state index in [0.29, 0.717) is 0 Å². The summed E-state index contributed by atoms with van der Waals surface area (Å²) in [5.74, 6) is 1.08. The van der Waals surface area contributed by atoms with E-state index in [-0.39, 0.29) is 18.7 Å². The Kier molecular flexibility index (Phi) is 6.34. The molecule has 2 unspecified atom stereocenters. The summed E-state index contributed by atoms with van der Waals surface area (Å²) >= 11 is 3.49. The van der Waals surface area contributed by atoms with Crippen molar-refractivity contribution in [3.8, 4) is 0 Å². The topological polar surface area (TPSA) is 45.1 Å². The summed E-state index contributed by atoms with van der Waals surface area (Å²) in [4.78, 5) is 5.51. The maximum Gasteiger partial charge on any atom is 0.0798 e. The van der Waals surface area contributed by atoms with Crippen molar-refractivity contribution in [2.45, 2.75) is 32.4 Å². The lowest BCUT2D eigenvalue weighted by atomic mass is 10.1. The Hall–Kier alpha value is -0.100. The van der Waals surface area contributed by atoms with Crippen LogP contribution in [0.15, 0.2) is 5.51 Å². The van der Waals surface area contributed by atoms with Gasteiger partial charge >= 0.3 is 0 Å². The monoisotopic (exact) mass is 260 g/mol. The number of nitrogens with one attached hydrogen (secondary N) is 1. The highest BCUT2D eigenvalue weighted by Crippen LogP contribution is 2.21. The number of rotatable bonds is 7. The van der Waals surface area contributed by atoms with Gasteiger partial charge in [0.2, 0.25) is 0 Å². The third-order valence-electron chi connectivity index (χ3n) is 2.55. The van der Waals surface area contributed by atoms with Crippen LogP contribution in [-0.2, 0) is 0 Å². The summed E-state index contributed by atoms with van der Waals surface area (Å²) in [6.07, 6.45) is 3.09. The zero-order chi connectivity index (χ0) is 12.0. The zero-order valence-electron chi connectivity index (χ0n) is 10.1. The van der Waals surface area contributed by atoms with Crippen LogP contribution >= 0.6 is 23.1 Å². The number of hydrogen-bond acceptors (Lipinski definition) is 5. The van der Waals surface area contributed by atoms with E-state index < -0.39 is 0 Å². The summed E-state index contributed by atoms with van der Waals surface area (Å²) in [6, 6.07) is 0.454. The van der Waals surface area contributed by atoms with Crippen LogP contribution in [0.3, 0.4) is 0 Å². The molecule has 5 heteroatoms. The number of thiazole rings is 1. The van der Waals surface area contributed by atoms with Crippen LogP contribution in [0, 0.1) is 6.92 Å². The minimum atomic E-state index is 0.184. The largest absolute Gasteiger partial charge is 0.395 e. The van der Waals surface area contributed by atoms with Gasteiger partial charge in [0, 0.05) is 17.0 Å². The molecule has 0 aliphatic heterocycles. The van der Waals surface area contributed by atoms with Crippen molar-refractivity contribution in [1.82, 2.24) is 10.3 Å². The average molecular weight is 260 g/mol. The van der Waals surface area contributed by atoms with Gasteiger partial charge in [-0.1, -0.05) is 0 Å². The Morgan fingerprint density at radius 3 is 2.88 bits per heavy atom. The fourth-order valence-electron chi connectivity index (χ4n) is 1.64. The number of aliphatic hydroxyl groups is 1. The molecule has 0 aliphatic carbocycles. The number of thioether (sulfide) groups is 1. The van der Waals surface area contributed by atoms with Gasteiger partial charge in [-0.05, 0) is 32.3 Å². The first kappa shape index (κ1) is 14.0. The van der Waals surface area contributed by atoms with Crippen LogP contribution in [0.25, 0.3) is 0 Å². The third-order valence-corrected chi connectivity index (χ3v) is 4.31. The second-order valence-electron chi connectivity index (χ2n) is 3.85. The van der Waals surface area contributed by atoms with E-state index in [1.165, 1.54) is 4.88 Å². The lowest BCUT2D eigenvalue weighted by Gasteiger charge is -2.21. The molecular weight excluding hydrogens is 240 g/mol. The standard InChI is InChI=1S/C11H20N2OS2/c1-8-11(16-7-12-8)9(2)13-10(6-14)4-5-15-3/h7,9-10,13-14H,4-6H2,1-3H3. The van der Waals surface area contributed by atoms with Gasteiger partial charge < -0.3 is 10.4 Å². The minimum Gasteiger partial charge on any atom is -0.395 e. The first-order chi connectivity index (χ1) is 7.69. The summed E-state index contributed by atoms with van der Waals surface area (Å²) in [6.45, 7) is 4.35. The van der Waals surface area contributed by atoms with Crippen LogP contribution in [0.2, 0.25) is 0 Å². The van der Waals surface area contributed by atoms with Crippen molar-refractivity contribution < 1.29 is 5.11 Å². The van der Waals surface area contributed by atoms with Crippen LogP contribution in [0.4, 0.5) is 0 Å². The Morgan fingerprint density at radius 2 is 2.38 bits per heavy atom. The molecule has 0 radical (unpaired) electrons. The molecule has 0 saturated carbocycles. The first-order valence-corrected chi connectivity index (χ1v) is 7.72. The Balaban J connectivity index is 2.48. The maximum absolute atomic E-state index is 9.28. The molecule has 1 heterocycles. The van der Waals surface area contributed by atoms with Crippen molar-refractivity contribution in [2.24, 2.45) is 0 Å². The van der Waals surface area contributed by atoms with Crippen molar-refractivity contribution >= 4 is 23.1 Å². The molecule has 0 saturated heterocycles. The van der Waals surface area contributed by atoms with Gasteiger partial charge in [0.25, 0.3) is 0 Å². The van der Waals surface area contributed by atoms with Gasteiger partial charge in [0.05, 0.1) is 17.8 Å². The normalized spacial score (nSPS) is 15.0. The van der Waals surface area contributed by atoms with Gasteiger partial charge in [-0.15, -0.1) is 11.3 Å². The van der Waals surface area contributed by atoms with Crippen LogP contribution in [0.1, 0.15) is 30.0 Å². The average Bonchev–Trinajstić information content (AvgIpc) is 2.70. The minimum absolute atomic E-state index is 0.184. The van der Waals surface area contributed by atoms with Crippen molar-refractivity contribution in [2.75, 3.05) is 18.6 Å². The van der Waals surface area contributed by atoms with Gasteiger partial charge in [-0.2, -0.15) is 11.8 Å². The smallest absolute Gasteiger partial charge is 0.0798 e. The molecule has 0 amide bonds. The van der Waals surface area contributed by atoms with Gasteiger partial charge in [0.1, 0.15) is 0 Å². The van der Waals surface area contributed by atoms with Crippen LogP contribution in [0.5, 0.6) is 0 Å². The van der Waals surface area contributed by atoms with Crippen LogP contribution in [-0.4, -0.2) is 34.7 Å². The molecule has 0 spiro atoms. The molecule has 3 nitrogen and oxygen atoms in total. The molecule has 2 atom stereocenters. The predicted octanol–water partition coefficient (Wildman–Crippen LogP) is 2.22. The molecule has 92 valence electrons. The molecule has 2 N–H and O–H groups in total. The highest BCUT2D eigenvalue weighted by molar-refractivity contribution is 7.98. The molecular formula is C11H20N2OS2. The lowest BCUT2D eigenvalue weighted by Crippen LogP contribution is -2.35. The molecule has 16 heavy (non-hydrogen) atoms. The predicted molar refractivity (Wildman–Crippen MR) is 72.3 cm³/mol. The van der Waals surface area contributed by atoms with Gasteiger partial charge in [0.15, 0.2) is 0 Å². The van der Waals surface area contributed by atoms with E-state index in [9.17, 15) is 5.11 Å². The Morgan fingerprint density at radius 1 is 1.62 bits per heavy atom. The fourth-order valence-corrected chi connectivity index (χ4v) is 2.98. The first-order valence-electron chi connectivity index (χ1n) is 5.44. The Labute approximate surface area is 106 Å². The van der Waals surface area contributed by atoms with E-state index in [0.717, 1.165) is 17.9 Å². The maximum atomic E-state index is 9.28. The van der Waals surface area contributed by atoms with Gasteiger partial charge in [-0.3, -0.25) is 0 Å². The number of hydrogen-bond donors (Lipinski definition) is 2. The van der Waals surface area contributed by atoms with E-state index in [1.807, 2.05) is 24.2 Å². The fraction of sp³-hybridized carbons (Fsp3) is 0.727. The van der Waals surface area contributed by atoms with E-state index in [2.05, 4.69) is 23.5 Å². The zero-order valence-corrected chi connectivity index (χ0v) is 11.7. The second-order valence-corrected chi connectivity index (χ2v) is 5.72. The number of aryl methyl sites for hydroxylation is 1. The highest BCUT2D eigenvalue weighted by atomic mass is 32.2. The third kappa shape index (κ3) is 4.05. The molecule has 0 bridgehead atoms. The van der Waals surface area contributed by atoms with E-state index in [1.54, 1.807) is 11.3 Å². The number of nitrogens with zero attached hydrogens (tertiary/aromatic N) is 1. The molecule has 0 aromatic carbocycles. The quantitative estimate of drug-likeness (QED) is 0.789. The molecule has 0 fully saturated rings. The lowest BCUT2D eigenvalue weighted by molar-refractivity contribution is 0.231. The number of aromatic nitrogens is 1. The molecule has 1 aromatic rings. The van der Waals surface area contributed by atoms with Crippen molar-refractivity contribution in [1.29, 1.82) is 0 Å². The number of aliphatic hydroxyl groups excluding tert-OH is 1. The van der Waals surface area contributed by atoms with Crippen molar-refractivity contribution in [3.05, 3.63) is 16.1 Å². The van der Waals surface area contributed by atoms with Crippen LogP contribution < -0.4 is 5.32 Å².